The molecular weight excluding hydrogens is 630 g/mol. The van der Waals surface area contributed by atoms with Crippen LogP contribution >= 0.6 is 23.4 Å². The zero-order valence-corrected chi connectivity index (χ0v) is 28.1. The van der Waals surface area contributed by atoms with Gasteiger partial charge in [0.05, 0.1) is 29.2 Å². The molecule has 1 spiro atoms. The lowest BCUT2D eigenvalue weighted by Gasteiger charge is -2.39. The summed E-state index contributed by atoms with van der Waals surface area (Å²) in [6, 6.07) is 24.6. The summed E-state index contributed by atoms with van der Waals surface area (Å²) >= 11 is 7.82. The number of carbonyl (C=O) groups is 3. The van der Waals surface area contributed by atoms with E-state index in [0.717, 1.165) is 11.3 Å². The molecule has 2 unspecified atom stereocenters. The van der Waals surface area contributed by atoms with Crippen LogP contribution in [0.4, 0.5) is 11.4 Å². The van der Waals surface area contributed by atoms with Crippen molar-refractivity contribution in [2.75, 3.05) is 29.5 Å². The maximum atomic E-state index is 15.1. The van der Waals surface area contributed by atoms with Crippen LogP contribution in [-0.4, -0.2) is 69.0 Å². The van der Waals surface area contributed by atoms with Crippen LogP contribution in [0.1, 0.15) is 25.3 Å². The van der Waals surface area contributed by atoms with Gasteiger partial charge in [-0.25, -0.2) is 0 Å². The molecule has 0 saturated carbocycles. The van der Waals surface area contributed by atoms with Gasteiger partial charge in [-0.2, -0.15) is 0 Å². The van der Waals surface area contributed by atoms with Crippen LogP contribution < -0.4 is 9.80 Å². The molecule has 1 N–H and O–H groups in total. The van der Waals surface area contributed by atoms with Crippen LogP contribution in [0.5, 0.6) is 0 Å². The van der Waals surface area contributed by atoms with Gasteiger partial charge >= 0.3 is 0 Å². The number of aliphatic hydroxyl groups is 1. The van der Waals surface area contributed by atoms with Crippen molar-refractivity contribution in [3.63, 3.8) is 0 Å². The minimum absolute atomic E-state index is 0.150. The van der Waals surface area contributed by atoms with Crippen molar-refractivity contribution in [2.45, 2.75) is 47.8 Å². The van der Waals surface area contributed by atoms with E-state index in [1.807, 2.05) is 60.7 Å². The Morgan fingerprint density at radius 3 is 2.11 bits per heavy atom. The van der Waals surface area contributed by atoms with Crippen molar-refractivity contribution in [1.29, 1.82) is 0 Å². The molecule has 244 valence electrons. The average molecular weight is 670 g/mol. The van der Waals surface area contributed by atoms with E-state index >= 15 is 9.59 Å². The molecule has 3 heterocycles. The van der Waals surface area contributed by atoms with Crippen LogP contribution in [0.15, 0.2) is 110 Å². The number of rotatable bonds is 12. The third-order valence-electron chi connectivity index (χ3n) is 9.99. The molecule has 2 bridgehead atoms. The highest BCUT2D eigenvalue weighted by atomic mass is 35.5. The Labute approximate surface area is 285 Å². The molecule has 3 aromatic carbocycles. The SMILES string of the molecule is C=CCN(C(=O)C1N([C@@H](CO)Cc2ccccc2)C(=O)[C@@H]2[C@@H](C(=O)N(CC=C)c3ccccc3)[C@@]3(C)CCC12S3)c1ccc(Cl)cc1. The number of amides is 3. The van der Waals surface area contributed by atoms with Crippen molar-refractivity contribution in [1.82, 2.24) is 4.90 Å². The summed E-state index contributed by atoms with van der Waals surface area (Å²) in [4.78, 5) is 49.8. The maximum absolute atomic E-state index is 15.1. The molecule has 3 saturated heterocycles. The largest absolute Gasteiger partial charge is 0.394 e. The topological polar surface area (TPSA) is 81.2 Å². The number of likely N-dealkylation sites (tertiary alicyclic amines) is 1. The van der Waals surface area contributed by atoms with E-state index in [-0.39, 0.29) is 37.4 Å². The normalized spacial score (nSPS) is 26.5. The number of nitrogens with zero attached hydrogens (tertiary/aromatic N) is 3. The summed E-state index contributed by atoms with van der Waals surface area (Å²) in [5.41, 5.74) is 2.31. The Balaban J connectivity index is 1.47. The van der Waals surface area contributed by atoms with Crippen molar-refractivity contribution in [2.24, 2.45) is 11.8 Å². The van der Waals surface area contributed by atoms with Gasteiger partial charge in [-0.1, -0.05) is 72.3 Å². The fourth-order valence-electron chi connectivity index (χ4n) is 8.00. The van der Waals surface area contributed by atoms with E-state index < -0.39 is 33.4 Å². The lowest BCUT2D eigenvalue weighted by molar-refractivity contribution is -0.142. The smallest absolute Gasteiger partial charge is 0.251 e. The highest BCUT2D eigenvalue weighted by molar-refractivity contribution is 8.02. The minimum atomic E-state index is -0.911. The third kappa shape index (κ3) is 5.70. The molecule has 7 nitrogen and oxygen atoms in total. The fraction of sp³-hybridized carbons (Fsp3) is 0.342. The van der Waals surface area contributed by atoms with Crippen molar-refractivity contribution < 1.29 is 19.5 Å². The predicted octanol–water partition coefficient (Wildman–Crippen LogP) is 6.16. The molecule has 6 atom stereocenters. The first-order valence-corrected chi connectivity index (χ1v) is 17.2. The van der Waals surface area contributed by atoms with Gasteiger partial charge in [0, 0.05) is 34.2 Å². The molecule has 3 aliphatic rings. The molecule has 3 fully saturated rings. The van der Waals surface area contributed by atoms with E-state index in [1.54, 1.807) is 62.9 Å². The van der Waals surface area contributed by atoms with Crippen molar-refractivity contribution >= 4 is 52.5 Å². The zero-order valence-electron chi connectivity index (χ0n) is 26.5. The van der Waals surface area contributed by atoms with Crippen molar-refractivity contribution in [3.8, 4) is 0 Å². The quantitative estimate of drug-likeness (QED) is 0.234. The Morgan fingerprint density at radius 1 is 0.936 bits per heavy atom. The standard InChI is InChI=1S/C38H40ClN3O4S/c1-4-22-40(28-14-10-7-11-15-28)34(44)31-32-35(45)42(30(25-43)24-26-12-8-6-9-13-26)33(38(32)21-20-37(31,3)47-38)36(46)41(23-5-2)29-18-16-27(39)17-19-29/h4-19,30-33,43H,1-2,20-25H2,3H3/t30-,31+,32+,33?,37-,38?/m1/s1. The van der Waals surface area contributed by atoms with Gasteiger partial charge in [-0.3, -0.25) is 14.4 Å². The van der Waals surface area contributed by atoms with Gasteiger partial charge in [-0.15, -0.1) is 24.9 Å². The fourth-order valence-corrected chi connectivity index (χ4v) is 10.5. The zero-order chi connectivity index (χ0) is 33.3. The average Bonchev–Trinajstić information content (AvgIpc) is 3.66. The number of para-hydroxylation sites is 1. The maximum Gasteiger partial charge on any atom is 0.251 e. The van der Waals surface area contributed by atoms with E-state index in [0.29, 0.717) is 30.0 Å². The first-order valence-electron chi connectivity index (χ1n) is 16.0. The predicted molar refractivity (Wildman–Crippen MR) is 190 cm³/mol. The van der Waals surface area contributed by atoms with Gasteiger partial charge in [-0.05, 0) is 68.1 Å². The van der Waals surface area contributed by atoms with Gasteiger partial charge in [0.2, 0.25) is 11.8 Å². The lowest BCUT2D eigenvalue weighted by atomic mass is 9.66. The number of thioether (sulfide) groups is 1. The number of fused-ring (bicyclic) bond motifs is 1. The second-order valence-corrected chi connectivity index (χ2v) is 15.1. The van der Waals surface area contributed by atoms with E-state index in [1.165, 1.54) is 0 Å². The molecule has 3 aromatic rings. The molecule has 0 aliphatic carbocycles. The Hall–Kier alpha value is -3.85. The lowest BCUT2D eigenvalue weighted by Crippen LogP contribution is -2.58. The first-order chi connectivity index (χ1) is 22.7. The number of halogens is 1. The van der Waals surface area contributed by atoms with E-state index in [4.69, 9.17) is 11.6 Å². The molecule has 9 heteroatoms. The molecule has 3 aliphatic heterocycles. The second kappa shape index (κ2) is 13.3. The van der Waals surface area contributed by atoms with E-state index in [9.17, 15) is 9.90 Å². The highest BCUT2D eigenvalue weighted by Crippen LogP contribution is 2.72. The van der Waals surface area contributed by atoms with Gasteiger partial charge in [0.25, 0.3) is 5.91 Å². The molecular formula is C38H40ClN3O4S. The summed E-state index contributed by atoms with van der Waals surface area (Å²) in [6.07, 6.45) is 5.00. The Bertz CT molecular complexity index is 1650. The minimum Gasteiger partial charge on any atom is -0.394 e. The first kappa shape index (κ1) is 33.1. The third-order valence-corrected chi connectivity index (χ3v) is 12.2. The number of hydrogen-bond donors (Lipinski definition) is 1. The number of anilines is 2. The summed E-state index contributed by atoms with van der Waals surface area (Å²) < 4.78 is -1.43. The second-order valence-electron chi connectivity index (χ2n) is 12.8. The van der Waals surface area contributed by atoms with Gasteiger partial charge in [0.1, 0.15) is 6.04 Å². The van der Waals surface area contributed by atoms with Crippen LogP contribution in [0.2, 0.25) is 5.02 Å². The van der Waals surface area contributed by atoms with Gasteiger partial charge in [0.15, 0.2) is 0 Å². The molecule has 3 amide bonds. The number of hydrogen-bond acceptors (Lipinski definition) is 5. The summed E-state index contributed by atoms with van der Waals surface area (Å²) in [6.45, 7) is 10.1. The van der Waals surface area contributed by atoms with Gasteiger partial charge < -0.3 is 19.8 Å². The van der Waals surface area contributed by atoms with Crippen LogP contribution in [-0.2, 0) is 20.8 Å². The molecule has 0 aromatic heterocycles. The van der Waals surface area contributed by atoms with Crippen LogP contribution in [0.25, 0.3) is 0 Å². The number of benzene rings is 3. The number of carbonyl (C=O) groups excluding carboxylic acids is 3. The molecule has 6 rings (SSSR count). The monoisotopic (exact) mass is 669 g/mol. The highest BCUT2D eigenvalue weighted by Gasteiger charge is 2.78. The van der Waals surface area contributed by atoms with Crippen molar-refractivity contribution in [3.05, 3.63) is 121 Å². The van der Waals surface area contributed by atoms with Crippen LogP contribution in [0.3, 0.4) is 0 Å². The summed E-state index contributed by atoms with van der Waals surface area (Å²) in [5, 5.41) is 11.4. The molecule has 47 heavy (non-hydrogen) atoms. The number of aliphatic hydroxyl groups excluding tert-OH is 1. The molecule has 0 radical (unpaired) electrons. The summed E-state index contributed by atoms with van der Waals surface area (Å²) in [5.74, 6) is -2.08. The van der Waals surface area contributed by atoms with Crippen LogP contribution in [0, 0.1) is 11.8 Å². The Morgan fingerprint density at radius 2 is 1.51 bits per heavy atom. The summed E-state index contributed by atoms with van der Waals surface area (Å²) in [7, 11) is 0. The van der Waals surface area contributed by atoms with E-state index in [2.05, 4.69) is 20.1 Å². The Kier molecular flexibility index (Phi) is 9.38.